The molecule has 0 radical (unpaired) electrons. The van der Waals surface area contributed by atoms with Crippen molar-refractivity contribution in [1.82, 2.24) is 0 Å². The van der Waals surface area contributed by atoms with Crippen LogP contribution in [-0.4, -0.2) is 5.91 Å². The highest BCUT2D eigenvalue weighted by atomic mass is 79.9. The summed E-state index contributed by atoms with van der Waals surface area (Å²) in [5.41, 5.74) is 1.06. The van der Waals surface area contributed by atoms with Gasteiger partial charge in [0.2, 0.25) is 5.91 Å². The molecule has 0 aliphatic rings. The topological polar surface area (TPSA) is 76.7 Å². The molecule has 4 nitrogen and oxygen atoms in total. The summed E-state index contributed by atoms with van der Waals surface area (Å²) in [5, 5.41) is 20.1. The third kappa shape index (κ3) is 3.30. The third-order valence-corrected chi connectivity index (χ3v) is 2.89. The largest absolute Gasteiger partial charge is 0.324 e. The minimum atomic E-state index is -0.655. The van der Waals surface area contributed by atoms with Crippen LogP contribution in [0.25, 0.3) is 0 Å². The molecular formula is C12H10BrN3O. The second-order valence-electron chi connectivity index (χ2n) is 3.39. The number of carbonyl (C=O) groups is 1. The van der Waals surface area contributed by atoms with Gasteiger partial charge in [-0.2, -0.15) is 10.5 Å². The molecule has 86 valence electrons. The van der Waals surface area contributed by atoms with Crippen molar-refractivity contribution in [3.63, 3.8) is 0 Å². The van der Waals surface area contributed by atoms with Crippen molar-refractivity contribution >= 4 is 27.5 Å². The lowest BCUT2D eigenvalue weighted by Crippen LogP contribution is -2.21. The van der Waals surface area contributed by atoms with E-state index in [0.717, 1.165) is 0 Å². The first-order valence-electron chi connectivity index (χ1n) is 5.02. The molecule has 1 aromatic carbocycles. The summed E-state index contributed by atoms with van der Waals surface area (Å²) < 4.78 is 0.623. The Morgan fingerprint density at radius 1 is 1.53 bits per heavy atom. The average molecular weight is 292 g/mol. The monoisotopic (exact) mass is 291 g/mol. The van der Waals surface area contributed by atoms with Gasteiger partial charge in [0.1, 0.15) is 5.92 Å². The van der Waals surface area contributed by atoms with E-state index in [9.17, 15) is 4.79 Å². The lowest BCUT2D eigenvalue weighted by atomic mass is 10.1. The summed E-state index contributed by atoms with van der Waals surface area (Å²) in [5.74, 6) is -0.988. The van der Waals surface area contributed by atoms with Crippen LogP contribution in [0.1, 0.15) is 18.9 Å². The smallest absolute Gasteiger partial charge is 0.241 e. The molecule has 5 heteroatoms. The molecule has 1 unspecified atom stereocenters. The first-order chi connectivity index (χ1) is 8.12. The zero-order valence-electron chi connectivity index (χ0n) is 9.20. The summed E-state index contributed by atoms with van der Waals surface area (Å²) in [7, 11) is 0. The molecule has 0 saturated carbocycles. The molecule has 0 aromatic heterocycles. The third-order valence-electron chi connectivity index (χ3n) is 2.24. The number of hydrogen-bond acceptors (Lipinski definition) is 3. The van der Waals surface area contributed by atoms with Gasteiger partial charge in [-0.1, -0.05) is 6.92 Å². The van der Waals surface area contributed by atoms with Crippen LogP contribution in [0.15, 0.2) is 22.7 Å². The molecule has 17 heavy (non-hydrogen) atoms. The van der Waals surface area contributed by atoms with Gasteiger partial charge < -0.3 is 5.32 Å². The van der Waals surface area contributed by atoms with Crippen LogP contribution in [0.2, 0.25) is 0 Å². The number of benzene rings is 1. The summed E-state index contributed by atoms with van der Waals surface area (Å²) in [6, 6.07) is 8.78. The average Bonchev–Trinajstić information content (AvgIpc) is 2.33. The number of nitrogens with one attached hydrogen (secondary N) is 1. The van der Waals surface area contributed by atoms with Gasteiger partial charge >= 0.3 is 0 Å². The highest BCUT2D eigenvalue weighted by Gasteiger charge is 2.16. The summed E-state index contributed by atoms with van der Waals surface area (Å²) in [6.07, 6.45) is 0.468. The molecule has 0 saturated heterocycles. The number of hydrogen-bond donors (Lipinski definition) is 1. The molecule has 1 aromatic rings. The van der Waals surface area contributed by atoms with Crippen molar-refractivity contribution in [2.24, 2.45) is 5.92 Å². The van der Waals surface area contributed by atoms with Crippen LogP contribution in [0.4, 0.5) is 5.69 Å². The number of amides is 1. The van der Waals surface area contributed by atoms with Gasteiger partial charge in [0.25, 0.3) is 0 Å². The van der Waals surface area contributed by atoms with E-state index in [-0.39, 0.29) is 5.91 Å². The van der Waals surface area contributed by atoms with Gasteiger partial charge in [-0.15, -0.1) is 0 Å². The van der Waals surface area contributed by atoms with E-state index in [1.807, 2.05) is 12.1 Å². The van der Waals surface area contributed by atoms with E-state index in [1.165, 1.54) is 0 Å². The fraction of sp³-hybridized carbons (Fsp3) is 0.250. The molecule has 1 atom stereocenters. The van der Waals surface area contributed by atoms with E-state index in [2.05, 4.69) is 21.2 Å². The van der Waals surface area contributed by atoms with E-state index < -0.39 is 5.92 Å². The lowest BCUT2D eigenvalue weighted by molar-refractivity contribution is -0.118. The van der Waals surface area contributed by atoms with Crippen molar-refractivity contribution in [1.29, 1.82) is 10.5 Å². The fourth-order valence-corrected chi connectivity index (χ4v) is 1.72. The van der Waals surface area contributed by atoms with Gasteiger partial charge in [-0.05, 0) is 40.5 Å². The van der Waals surface area contributed by atoms with Crippen molar-refractivity contribution in [2.45, 2.75) is 13.3 Å². The minimum absolute atomic E-state index is 0.333. The van der Waals surface area contributed by atoms with Crippen LogP contribution in [0, 0.1) is 28.6 Å². The minimum Gasteiger partial charge on any atom is -0.324 e. The second-order valence-corrected chi connectivity index (χ2v) is 4.24. The van der Waals surface area contributed by atoms with Gasteiger partial charge in [0.15, 0.2) is 0 Å². The summed E-state index contributed by atoms with van der Waals surface area (Å²) in [4.78, 5) is 11.7. The van der Waals surface area contributed by atoms with Crippen LogP contribution in [0.3, 0.4) is 0 Å². The number of halogens is 1. The standard InChI is InChI=1S/C12H10BrN3O/c1-2-9(7-15)12(17)16-11-4-3-8(6-14)5-10(11)13/h3-5,9H,2H2,1H3,(H,16,17). The molecule has 0 bridgehead atoms. The lowest BCUT2D eigenvalue weighted by Gasteiger charge is -2.09. The Bertz CT molecular complexity index is 513. The Kier molecular flexibility index (Phi) is 4.68. The zero-order valence-corrected chi connectivity index (χ0v) is 10.8. The maximum atomic E-state index is 11.7. The Labute approximate surface area is 108 Å². The summed E-state index contributed by atoms with van der Waals surface area (Å²) >= 11 is 3.26. The maximum absolute atomic E-state index is 11.7. The number of nitrogens with zero attached hydrogens (tertiary/aromatic N) is 2. The van der Waals surface area contributed by atoms with Crippen molar-refractivity contribution in [3.8, 4) is 12.1 Å². The Morgan fingerprint density at radius 3 is 2.71 bits per heavy atom. The molecule has 1 N–H and O–H groups in total. The maximum Gasteiger partial charge on any atom is 0.241 e. The Hall–Kier alpha value is -1.85. The van der Waals surface area contributed by atoms with E-state index in [4.69, 9.17) is 10.5 Å². The van der Waals surface area contributed by atoms with Gasteiger partial charge in [-0.3, -0.25) is 4.79 Å². The molecule has 0 aliphatic heterocycles. The molecule has 0 spiro atoms. The predicted molar refractivity (Wildman–Crippen MR) is 66.9 cm³/mol. The molecular weight excluding hydrogens is 282 g/mol. The zero-order chi connectivity index (χ0) is 12.8. The van der Waals surface area contributed by atoms with Gasteiger partial charge in [0, 0.05) is 4.47 Å². The van der Waals surface area contributed by atoms with E-state index >= 15 is 0 Å². The second kappa shape index (κ2) is 6.03. The summed E-state index contributed by atoms with van der Waals surface area (Å²) in [6.45, 7) is 1.78. The van der Waals surface area contributed by atoms with E-state index in [1.54, 1.807) is 25.1 Å². The molecule has 0 heterocycles. The van der Waals surface area contributed by atoms with Gasteiger partial charge in [0.05, 0.1) is 23.4 Å². The number of anilines is 1. The van der Waals surface area contributed by atoms with Crippen LogP contribution >= 0.6 is 15.9 Å². The molecule has 1 amide bonds. The first kappa shape index (κ1) is 13.2. The van der Waals surface area contributed by atoms with Crippen molar-refractivity contribution in [2.75, 3.05) is 5.32 Å². The van der Waals surface area contributed by atoms with Crippen LogP contribution in [-0.2, 0) is 4.79 Å². The van der Waals surface area contributed by atoms with Crippen LogP contribution < -0.4 is 5.32 Å². The van der Waals surface area contributed by atoms with E-state index in [0.29, 0.717) is 22.1 Å². The Balaban J connectivity index is 2.87. The first-order valence-corrected chi connectivity index (χ1v) is 5.81. The fourth-order valence-electron chi connectivity index (χ4n) is 1.24. The van der Waals surface area contributed by atoms with Crippen molar-refractivity contribution < 1.29 is 4.79 Å². The number of rotatable bonds is 3. The number of nitriles is 2. The Morgan fingerprint density at radius 2 is 2.24 bits per heavy atom. The van der Waals surface area contributed by atoms with Crippen molar-refractivity contribution in [3.05, 3.63) is 28.2 Å². The SMILES string of the molecule is CCC(C#N)C(=O)Nc1ccc(C#N)cc1Br. The highest BCUT2D eigenvalue weighted by molar-refractivity contribution is 9.10. The molecule has 1 rings (SSSR count). The van der Waals surface area contributed by atoms with Crippen LogP contribution in [0.5, 0.6) is 0 Å². The highest BCUT2D eigenvalue weighted by Crippen LogP contribution is 2.24. The normalized spacial score (nSPS) is 11.1. The molecule has 0 aliphatic carbocycles. The van der Waals surface area contributed by atoms with Gasteiger partial charge in [-0.25, -0.2) is 0 Å². The molecule has 0 fully saturated rings. The number of carbonyl (C=O) groups excluding carboxylic acids is 1. The quantitative estimate of drug-likeness (QED) is 0.930. The predicted octanol–water partition coefficient (Wildman–Crippen LogP) is 2.81.